The molecule has 2 fully saturated rings. The highest BCUT2D eigenvalue weighted by molar-refractivity contribution is 6.30. The molecule has 1 saturated carbocycles. The van der Waals surface area contributed by atoms with Crippen LogP contribution in [0.15, 0.2) is 48.7 Å². The van der Waals surface area contributed by atoms with Gasteiger partial charge in [0.25, 0.3) is 0 Å². The summed E-state index contributed by atoms with van der Waals surface area (Å²) < 4.78 is 2.05. The van der Waals surface area contributed by atoms with Crippen molar-refractivity contribution in [1.82, 2.24) is 19.5 Å². The Balaban J connectivity index is 1.41. The summed E-state index contributed by atoms with van der Waals surface area (Å²) in [4.78, 5) is 15.7. The van der Waals surface area contributed by atoms with Crippen molar-refractivity contribution in [3.63, 3.8) is 0 Å². The molecule has 5 rings (SSSR count). The SMILES string of the molecule is O=C(N1CCCC(c2nnc3ccccn23)C1)C1(c2ccc(Cl)cc2)CCC1. The van der Waals surface area contributed by atoms with Gasteiger partial charge in [-0.3, -0.25) is 9.20 Å². The normalized spacial score (nSPS) is 21.5. The molecule has 1 aliphatic heterocycles. The predicted molar refractivity (Wildman–Crippen MR) is 109 cm³/mol. The van der Waals surface area contributed by atoms with Gasteiger partial charge in [-0.05, 0) is 55.5 Å². The van der Waals surface area contributed by atoms with Gasteiger partial charge in [0.1, 0.15) is 5.82 Å². The van der Waals surface area contributed by atoms with Gasteiger partial charge in [0.2, 0.25) is 5.91 Å². The lowest BCUT2D eigenvalue weighted by atomic mass is 9.63. The molecule has 1 aliphatic carbocycles. The number of benzene rings is 1. The third-order valence-electron chi connectivity index (χ3n) is 6.43. The van der Waals surface area contributed by atoms with E-state index < -0.39 is 0 Å². The van der Waals surface area contributed by atoms with Gasteiger partial charge in [-0.15, -0.1) is 10.2 Å². The summed E-state index contributed by atoms with van der Waals surface area (Å²) in [6.07, 6.45) is 6.97. The van der Waals surface area contributed by atoms with Gasteiger partial charge in [-0.25, -0.2) is 0 Å². The van der Waals surface area contributed by atoms with Gasteiger partial charge >= 0.3 is 0 Å². The number of nitrogens with zero attached hydrogens (tertiary/aromatic N) is 4. The van der Waals surface area contributed by atoms with Crippen LogP contribution in [-0.2, 0) is 10.2 Å². The number of hydrogen-bond donors (Lipinski definition) is 0. The first-order valence-electron chi connectivity index (χ1n) is 10.0. The van der Waals surface area contributed by atoms with E-state index in [-0.39, 0.29) is 17.2 Å². The van der Waals surface area contributed by atoms with Crippen molar-refractivity contribution in [3.05, 3.63) is 65.1 Å². The Bertz CT molecular complexity index is 1010. The molecule has 2 aliphatic rings. The van der Waals surface area contributed by atoms with E-state index >= 15 is 0 Å². The van der Waals surface area contributed by atoms with Crippen molar-refractivity contribution >= 4 is 23.2 Å². The second-order valence-corrected chi connectivity index (χ2v) is 8.46. The maximum Gasteiger partial charge on any atom is 0.233 e. The van der Waals surface area contributed by atoms with Crippen LogP contribution in [0.1, 0.15) is 49.4 Å². The molecule has 2 aromatic heterocycles. The summed E-state index contributed by atoms with van der Waals surface area (Å²) in [5.41, 5.74) is 1.58. The highest BCUT2D eigenvalue weighted by Crippen LogP contribution is 2.46. The highest BCUT2D eigenvalue weighted by Gasteiger charge is 2.48. The second kappa shape index (κ2) is 6.89. The van der Waals surface area contributed by atoms with Crippen molar-refractivity contribution in [2.75, 3.05) is 13.1 Å². The lowest BCUT2D eigenvalue weighted by Gasteiger charge is -2.45. The molecule has 0 radical (unpaired) electrons. The maximum absolute atomic E-state index is 13.6. The Morgan fingerprint density at radius 2 is 1.89 bits per heavy atom. The van der Waals surface area contributed by atoms with Crippen molar-refractivity contribution < 1.29 is 4.79 Å². The molecule has 0 N–H and O–H groups in total. The third-order valence-corrected chi connectivity index (χ3v) is 6.68. The first-order chi connectivity index (χ1) is 13.7. The van der Waals surface area contributed by atoms with Crippen molar-refractivity contribution in [1.29, 1.82) is 0 Å². The van der Waals surface area contributed by atoms with Crippen LogP contribution in [0.3, 0.4) is 0 Å². The maximum atomic E-state index is 13.6. The predicted octanol–water partition coefficient (Wildman–Crippen LogP) is 4.21. The number of piperidine rings is 1. The molecule has 3 aromatic rings. The molecule has 144 valence electrons. The zero-order valence-corrected chi connectivity index (χ0v) is 16.5. The summed E-state index contributed by atoms with van der Waals surface area (Å²) in [5.74, 6) is 1.44. The lowest BCUT2D eigenvalue weighted by molar-refractivity contribution is -0.142. The molecule has 1 atom stereocenters. The van der Waals surface area contributed by atoms with Crippen LogP contribution in [0, 0.1) is 0 Å². The molecule has 3 heterocycles. The van der Waals surface area contributed by atoms with E-state index in [1.807, 2.05) is 48.7 Å². The standard InChI is InChI=1S/C22H23ClN4O/c23-18-9-7-17(8-10-18)22(11-4-12-22)21(28)26-13-3-5-16(15-26)20-25-24-19-6-1-2-14-27(19)20/h1-2,6-10,14,16H,3-5,11-13,15H2. The van der Waals surface area contributed by atoms with E-state index in [4.69, 9.17) is 11.6 Å². The summed E-state index contributed by atoms with van der Waals surface area (Å²) in [6, 6.07) is 13.8. The zero-order valence-electron chi connectivity index (χ0n) is 15.7. The summed E-state index contributed by atoms with van der Waals surface area (Å²) >= 11 is 6.06. The zero-order chi connectivity index (χ0) is 19.1. The Kier molecular flexibility index (Phi) is 4.35. The number of pyridine rings is 1. The van der Waals surface area contributed by atoms with E-state index in [0.29, 0.717) is 11.6 Å². The molecular weight excluding hydrogens is 372 g/mol. The third kappa shape index (κ3) is 2.80. The fraction of sp³-hybridized carbons (Fsp3) is 0.409. The molecule has 28 heavy (non-hydrogen) atoms. The summed E-state index contributed by atoms with van der Waals surface area (Å²) in [7, 11) is 0. The topological polar surface area (TPSA) is 50.5 Å². The van der Waals surface area contributed by atoms with Crippen LogP contribution in [0.4, 0.5) is 0 Å². The monoisotopic (exact) mass is 394 g/mol. The summed E-state index contributed by atoms with van der Waals surface area (Å²) in [5, 5.41) is 9.44. The smallest absolute Gasteiger partial charge is 0.233 e. The van der Waals surface area contributed by atoms with Gasteiger partial charge in [0.15, 0.2) is 5.65 Å². The number of aromatic nitrogens is 3. The van der Waals surface area contributed by atoms with E-state index in [9.17, 15) is 4.79 Å². The fourth-order valence-corrected chi connectivity index (χ4v) is 4.86. The van der Waals surface area contributed by atoms with Crippen LogP contribution in [-0.4, -0.2) is 38.5 Å². The minimum absolute atomic E-state index is 0.220. The number of carbonyl (C=O) groups is 1. The van der Waals surface area contributed by atoms with Gasteiger partial charge < -0.3 is 4.90 Å². The molecule has 1 aromatic carbocycles. The number of halogens is 1. The lowest BCUT2D eigenvalue weighted by Crippen LogP contribution is -2.53. The number of hydrogen-bond acceptors (Lipinski definition) is 3. The molecule has 6 heteroatoms. The van der Waals surface area contributed by atoms with Crippen LogP contribution in [0.2, 0.25) is 5.02 Å². The van der Waals surface area contributed by atoms with Crippen LogP contribution in [0.25, 0.3) is 5.65 Å². The van der Waals surface area contributed by atoms with Gasteiger partial charge in [0, 0.05) is 30.2 Å². The average Bonchev–Trinajstić information content (AvgIpc) is 3.13. The first-order valence-corrected chi connectivity index (χ1v) is 10.4. The Morgan fingerprint density at radius 1 is 1.07 bits per heavy atom. The molecule has 0 bridgehead atoms. The van der Waals surface area contributed by atoms with Crippen molar-refractivity contribution in [2.45, 2.75) is 43.4 Å². The van der Waals surface area contributed by atoms with Crippen LogP contribution >= 0.6 is 11.6 Å². The van der Waals surface area contributed by atoms with Crippen LogP contribution < -0.4 is 0 Å². The number of rotatable bonds is 3. The molecule has 1 unspecified atom stereocenters. The van der Waals surface area contributed by atoms with Crippen LogP contribution in [0.5, 0.6) is 0 Å². The minimum Gasteiger partial charge on any atom is -0.341 e. The summed E-state index contributed by atoms with van der Waals surface area (Å²) in [6.45, 7) is 1.53. The first kappa shape index (κ1) is 17.7. The molecular formula is C22H23ClN4O. The van der Waals surface area contributed by atoms with E-state index in [0.717, 1.165) is 55.7 Å². The van der Waals surface area contributed by atoms with E-state index in [1.54, 1.807) is 0 Å². The quantitative estimate of drug-likeness (QED) is 0.668. The van der Waals surface area contributed by atoms with Crippen molar-refractivity contribution in [2.24, 2.45) is 0 Å². The largest absolute Gasteiger partial charge is 0.341 e. The number of amides is 1. The Morgan fingerprint density at radius 3 is 2.64 bits per heavy atom. The number of likely N-dealkylation sites (tertiary alicyclic amines) is 1. The number of fused-ring (bicyclic) bond motifs is 1. The fourth-order valence-electron chi connectivity index (χ4n) is 4.74. The molecule has 5 nitrogen and oxygen atoms in total. The molecule has 1 saturated heterocycles. The Labute approximate surface area is 169 Å². The number of carbonyl (C=O) groups excluding carboxylic acids is 1. The Hall–Kier alpha value is -2.40. The molecule has 0 spiro atoms. The second-order valence-electron chi connectivity index (χ2n) is 8.02. The van der Waals surface area contributed by atoms with Crippen molar-refractivity contribution in [3.8, 4) is 0 Å². The van der Waals surface area contributed by atoms with Gasteiger partial charge in [-0.1, -0.05) is 36.2 Å². The highest BCUT2D eigenvalue weighted by atomic mass is 35.5. The minimum atomic E-state index is -0.376. The van der Waals surface area contributed by atoms with E-state index in [2.05, 4.69) is 19.5 Å². The van der Waals surface area contributed by atoms with Gasteiger partial charge in [-0.2, -0.15) is 0 Å². The molecule has 1 amide bonds. The average molecular weight is 395 g/mol. The van der Waals surface area contributed by atoms with Gasteiger partial charge in [0.05, 0.1) is 5.41 Å². The van der Waals surface area contributed by atoms with E-state index in [1.165, 1.54) is 0 Å².